The van der Waals surface area contributed by atoms with E-state index < -0.39 is 0 Å². The van der Waals surface area contributed by atoms with E-state index >= 15 is 0 Å². The van der Waals surface area contributed by atoms with Gasteiger partial charge in [-0.3, -0.25) is 4.79 Å². The molecule has 1 aromatic rings. The van der Waals surface area contributed by atoms with Crippen LogP contribution in [0.25, 0.3) is 0 Å². The van der Waals surface area contributed by atoms with Crippen LogP contribution in [-0.4, -0.2) is 18.4 Å². The molecule has 0 N–H and O–H groups in total. The zero-order valence-electron chi connectivity index (χ0n) is 6.44. The van der Waals surface area contributed by atoms with Crippen LogP contribution in [0.15, 0.2) is 12.3 Å². The summed E-state index contributed by atoms with van der Waals surface area (Å²) in [4.78, 5) is 14.1. The molecular formula is C8H6N2O2. The van der Waals surface area contributed by atoms with E-state index in [9.17, 15) is 4.79 Å². The maximum absolute atomic E-state index is 10.4. The Bertz CT molecular complexity index is 341. The quantitative estimate of drug-likeness (QED) is 0.602. The molecule has 0 saturated heterocycles. The van der Waals surface area contributed by atoms with Gasteiger partial charge in [0.2, 0.25) is 0 Å². The molecule has 0 saturated carbocycles. The lowest BCUT2D eigenvalue weighted by atomic mass is 10.2. The number of aldehydes is 1. The van der Waals surface area contributed by atoms with Gasteiger partial charge in [-0.2, -0.15) is 5.26 Å². The Morgan fingerprint density at radius 3 is 3.00 bits per heavy atom. The lowest BCUT2D eigenvalue weighted by molar-refractivity contribution is 0.112. The highest BCUT2D eigenvalue weighted by Gasteiger charge is 2.03. The van der Waals surface area contributed by atoms with E-state index in [4.69, 9.17) is 10.00 Å². The molecule has 0 bridgehead atoms. The number of carbonyl (C=O) groups is 1. The normalized spacial score (nSPS) is 8.67. The first-order chi connectivity index (χ1) is 5.81. The standard InChI is InChI=1S/C8H6N2O2/c1-12-8-2-7(3-9)10-4-6(8)5-11/h2,4-5H,1H3. The first-order valence-corrected chi connectivity index (χ1v) is 3.21. The van der Waals surface area contributed by atoms with E-state index in [1.807, 2.05) is 6.07 Å². The van der Waals surface area contributed by atoms with Crippen LogP contribution in [0.1, 0.15) is 16.1 Å². The molecule has 1 heterocycles. The summed E-state index contributed by atoms with van der Waals surface area (Å²) in [7, 11) is 1.43. The van der Waals surface area contributed by atoms with Gasteiger partial charge >= 0.3 is 0 Å². The number of hydrogen-bond donors (Lipinski definition) is 0. The van der Waals surface area contributed by atoms with Crippen LogP contribution >= 0.6 is 0 Å². The molecule has 1 rings (SSSR count). The number of hydrogen-bond acceptors (Lipinski definition) is 4. The van der Waals surface area contributed by atoms with E-state index in [2.05, 4.69) is 4.98 Å². The number of aromatic nitrogens is 1. The summed E-state index contributed by atoms with van der Waals surface area (Å²) in [6.45, 7) is 0. The molecule has 0 spiro atoms. The molecule has 4 heteroatoms. The van der Waals surface area contributed by atoms with E-state index in [0.717, 1.165) is 0 Å². The Balaban J connectivity index is 3.21. The van der Waals surface area contributed by atoms with Crippen molar-refractivity contribution in [1.29, 1.82) is 5.26 Å². The number of rotatable bonds is 2. The van der Waals surface area contributed by atoms with E-state index in [1.54, 1.807) is 0 Å². The Morgan fingerprint density at radius 2 is 2.50 bits per heavy atom. The fourth-order valence-corrected chi connectivity index (χ4v) is 0.774. The van der Waals surface area contributed by atoms with E-state index in [-0.39, 0.29) is 5.69 Å². The van der Waals surface area contributed by atoms with Gasteiger partial charge in [0.15, 0.2) is 6.29 Å². The van der Waals surface area contributed by atoms with Gasteiger partial charge in [-0.1, -0.05) is 0 Å². The fraction of sp³-hybridized carbons (Fsp3) is 0.125. The topological polar surface area (TPSA) is 63.0 Å². The van der Waals surface area contributed by atoms with E-state index in [0.29, 0.717) is 17.6 Å². The maximum atomic E-state index is 10.4. The van der Waals surface area contributed by atoms with Crippen molar-refractivity contribution in [2.24, 2.45) is 0 Å². The Kier molecular flexibility index (Phi) is 2.38. The summed E-state index contributed by atoms with van der Waals surface area (Å²) in [5, 5.41) is 8.46. The third kappa shape index (κ3) is 1.40. The summed E-state index contributed by atoms with van der Waals surface area (Å²) in [6.07, 6.45) is 1.94. The van der Waals surface area contributed by atoms with Gasteiger partial charge in [-0.25, -0.2) is 4.98 Å². The predicted molar refractivity (Wildman–Crippen MR) is 40.9 cm³/mol. The number of carbonyl (C=O) groups excluding carboxylic acids is 1. The average molecular weight is 162 g/mol. The summed E-state index contributed by atoms with van der Waals surface area (Å²) in [5.41, 5.74) is 0.578. The lowest BCUT2D eigenvalue weighted by Gasteiger charge is -2.01. The predicted octanol–water partition coefficient (Wildman–Crippen LogP) is 0.774. The highest BCUT2D eigenvalue weighted by Crippen LogP contribution is 2.15. The van der Waals surface area contributed by atoms with Gasteiger partial charge in [-0.15, -0.1) is 0 Å². The largest absolute Gasteiger partial charge is 0.496 e. The van der Waals surface area contributed by atoms with Gasteiger partial charge in [-0.05, 0) is 0 Å². The molecule has 0 aliphatic heterocycles. The second-order valence-electron chi connectivity index (χ2n) is 2.04. The molecule has 1 aromatic heterocycles. The van der Waals surface area contributed by atoms with Gasteiger partial charge in [0, 0.05) is 12.3 Å². The zero-order valence-corrected chi connectivity index (χ0v) is 6.44. The fourth-order valence-electron chi connectivity index (χ4n) is 0.774. The van der Waals surface area contributed by atoms with Crippen LogP contribution in [0.4, 0.5) is 0 Å². The van der Waals surface area contributed by atoms with Crippen LogP contribution in [0, 0.1) is 11.3 Å². The molecular weight excluding hydrogens is 156 g/mol. The van der Waals surface area contributed by atoms with Gasteiger partial charge in [0.1, 0.15) is 17.5 Å². The SMILES string of the molecule is COc1cc(C#N)ncc1C=O. The number of ether oxygens (including phenoxy) is 1. The number of methoxy groups -OCH3 is 1. The molecule has 0 aromatic carbocycles. The van der Waals surface area contributed by atoms with Crippen molar-refractivity contribution < 1.29 is 9.53 Å². The Hall–Kier alpha value is -1.89. The van der Waals surface area contributed by atoms with Crippen molar-refractivity contribution in [3.05, 3.63) is 23.5 Å². The maximum Gasteiger partial charge on any atom is 0.155 e. The first kappa shape index (κ1) is 8.21. The van der Waals surface area contributed by atoms with Crippen molar-refractivity contribution in [2.75, 3.05) is 7.11 Å². The molecule has 0 aliphatic rings. The van der Waals surface area contributed by atoms with Gasteiger partial charge in [0.05, 0.1) is 12.7 Å². The summed E-state index contributed by atoms with van der Waals surface area (Å²) in [6, 6.07) is 3.27. The number of nitrogens with zero attached hydrogens (tertiary/aromatic N) is 2. The lowest BCUT2D eigenvalue weighted by Crippen LogP contribution is -1.93. The van der Waals surface area contributed by atoms with Crippen molar-refractivity contribution in [3.63, 3.8) is 0 Å². The summed E-state index contributed by atoms with van der Waals surface area (Å²) < 4.78 is 4.86. The number of nitriles is 1. The van der Waals surface area contributed by atoms with E-state index in [1.165, 1.54) is 19.4 Å². The zero-order chi connectivity index (χ0) is 8.97. The smallest absolute Gasteiger partial charge is 0.155 e. The van der Waals surface area contributed by atoms with Gasteiger partial charge in [0.25, 0.3) is 0 Å². The molecule has 60 valence electrons. The Morgan fingerprint density at radius 1 is 1.75 bits per heavy atom. The van der Waals surface area contributed by atoms with Crippen LogP contribution in [-0.2, 0) is 0 Å². The Labute approximate surface area is 69.4 Å². The van der Waals surface area contributed by atoms with Crippen molar-refractivity contribution in [2.45, 2.75) is 0 Å². The van der Waals surface area contributed by atoms with Gasteiger partial charge < -0.3 is 4.74 Å². The third-order valence-electron chi connectivity index (χ3n) is 1.36. The third-order valence-corrected chi connectivity index (χ3v) is 1.36. The molecule has 0 amide bonds. The molecule has 4 nitrogen and oxygen atoms in total. The van der Waals surface area contributed by atoms with Crippen molar-refractivity contribution in [1.82, 2.24) is 4.98 Å². The molecule has 0 atom stereocenters. The molecule has 0 fully saturated rings. The summed E-state index contributed by atoms with van der Waals surface area (Å²) >= 11 is 0. The second kappa shape index (κ2) is 3.49. The van der Waals surface area contributed by atoms with Crippen LogP contribution in [0.5, 0.6) is 5.75 Å². The minimum absolute atomic E-state index is 0.234. The van der Waals surface area contributed by atoms with Crippen LogP contribution < -0.4 is 4.74 Å². The minimum atomic E-state index is 0.234. The highest BCUT2D eigenvalue weighted by atomic mass is 16.5. The first-order valence-electron chi connectivity index (χ1n) is 3.21. The summed E-state index contributed by atoms with van der Waals surface area (Å²) in [5.74, 6) is 0.372. The molecule has 0 unspecified atom stereocenters. The second-order valence-corrected chi connectivity index (χ2v) is 2.04. The highest BCUT2D eigenvalue weighted by molar-refractivity contribution is 5.78. The van der Waals surface area contributed by atoms with Crippen molar-refractivity contribution in [3.8, 4) is 11.8 Å². The van der Waals surface area contributed by atoms with Crippen LogP contribution in [0.3, 0.4) is 0 Å². The minimum Gasteiger partial charge on any atom is -0.496 e. The van der Waals surface area contributed by atoms with Crippen LogP contribution in [0.2, 0.25) is 0 Å². The monoisotopic (exact) mass is 162 g/mol. The molecule has 12 heavy (non-hydrogen) atoms. The number of pyridine rings is 1. The molecule has 0 aliphatic carbocycles. The molecule has 0 radical (unpaired) electrons. The van der Waals surface area contributed by atoms with Crippen molar-refractivity contribution >= 4 is 6.29 Å². The average Bonchev–Trinajstić information content (AvgIpc) is 2.16.